The summed E-state index contributed by atoms with van der Waals surface area (Å²) < 4.78 is 0. The van der Waals surface area contributed by atoms with Crippen molar-refractivity contribution in [2.24, 2.45) is 0 Å². The number of benzene rings is 1. The number of aryl methyl sites for hydroxylation is 1. The number of rotatable bonds is 4. The molecule has 0 radical (unpaired) electrons. The normalized spacial score (nSPS) is 14.7. The van der Waals surface area contributed by atoms with Crippen molar-refractivity contribution < 1.29 is 4.79 Å². The monoisotopic (exact) mass is 365 g/mol. The number of aromatic nitrogens is 4. The Bertz CT molecular complexity index is 973. The lowest BCUT2D eigenvalue weighted by Crippen LogP contribution is -2.29. The van der Waals surface area contributed by atoms with Crippen LogP contribution in [0.4, 0.5) is 5.95 Å². The molecule has 1 N–H and O–H groups in total. The summed E-state index contributed by atoms with van der Waals surface area (Å²) in [7, 11) is 0. The van der Waals surface area contributed by atoms with E-state index in [0.29, 0.717) is 22.4 Å². The van der Waals surface area contributed by atoms with Crippen molar-refractivity contribution in [1.82, 2.24) is 19.9 Å². The van der Waals surface area contributed by atoms with E-state index in [9.17, 15) is 4.79 Å². The van der Waals surface area contributed by atoms with E-state index in [0.717, 1.165) is 18.4 Å². The minimum absolute atomic E-state index is 0.150. The lowest BCUT2D eigenvalue weighted by Gasteiger charge is -2.16. The van der Waals surface area contributed by atoms with E-state index < -0.39 is 5.41 Å². The lowest BCUT2D eigenvalue weighted by molar-refractivity contribution is -0.118. The Morgan fingerprint density at radius 1 is 1.08 bits per heavy atom. The largest absolute Gasteiger partial charge is 0.294 e. The Balaban J connectivity index is 1.63. The zero-order valence-electron chi connectivity index (χ0n) is 14.1. The second-order valence-corrected chi connectivity index (χ2v) is 6.67. The van der Waals surface area contributed by atoms with Crippen LogP contribution in [0.2, 0.25) is 5.02 Å². The third-order valence-electron chi connectivity index (χ3n) is 4.44. The zero-order chi connectivity index (χ0) is 18.1. The first-order valence-corrected chi connectivity index (χ1v) is 8.67. The first-order valence-electron chi connectivity index (χ1n) is 8.29. The number of halogens is 1. The van der Waals surface area contributed by atoms with Gasteiger partial charge >= 0.3 is 0 Å². The number of carbonyl (C=O) groups is 1. The molecule has 1 aromatic carbocycles. The summed E-state index contributed by atoms with van der Waals surface area (Å²) in [5.41, 5.74) is 0.861. The molecule has 4 rings (SSSR count). The van der Waals surface area contributed by atoms with Gasteiger partial charge in [-0.15, -0.1) is 0 Å². The Labute approximate surface area is 155 Å². The van der Waals surface area contributed by atoms with E-state index >= 15 is 0 Å². The highest BCUT2D eigenvalue weighted by Crippen LogP contribution is 2.51. The maximum absolute atomic E-state index is 12.9. The molecule has 7 heteroatoms. The van der Waals surface area contributed by atoms with E-state index in [-0.39, 0.29) is 11.9 Å². The SMILES string of the molecule is Cc1nc(NC(=O)C2(c3ccccc3Cl)CC2)nc(-c2ccccn2)n1. The molecule has 0 aliphatic heterocycles. The zero-order valence-corrected chi connectivity index (χ0v) is 14.9. The average molecular weight is 366 g/mol. The third-order valence-corrected chi connectivity index (χ3v) is 4.77. The Morgan fingerprint density at radius 2 is 1.85 bits per heavy atom. The summed E-state index contributed by atoms with van der Waals surface area (Å²) in [4.78, 5) is 30.1. The lowest BCUT2D eigenvalue weighted by atomic mass is 9.95. The van der Waals surface area contributed by atoms with Crippen LogP contribution in [-0.4, -0.2) is 25.8 Å². The summed E-state index contributed by atoms with van der Waals surface area (Å²) in [5.74, 6) is 1.01. The van der Waals surface area contributed by atoms with Gasteiger partial charge in [-0.1, -0.05) is 35.9 Å². The van der Waals surface area contributed by atoms with Gasteiger partial charge in [0.05, 0.1) is 5.41 Å². The van der Waals surface area contributed by atoms with Crippen LogP contribution < -0.4 is 5.32 Å². The van der Waals surface area contributed by atoms with E-state index in [4.69, 9.17) is 11.6 Å². The number of nitrogens with one attached hydrogen (secondary N) is 1. The Hall–Kier alpha value is -2.86. The summed E-state index contributed by atoms with van der Waals surface area (Å²) in [6.07, 6.45) is 3.17. The van der Waals surface area contributed by atoms with Crippen LogP contribution in [0, 0.1) is 6.92 Å². The first kappa shape index (κ1) is 16.6. The number of pyridine rings is 1. The summed E-state index contributed by atoms with van der Waals surface area (Å²) in [5, 5.41) is 3.43. The van der Waals surface area contributed by atoms with Crippen LogP contribution in [-0.2, 0) is 10.2 Å². The molecule has 0 spiro atoms. The van der Waals surface area contributed by atoms with Gasteiger partial charge in [-0.2, -0.15) is 9.97 Å². The number of nitrogens with zero attached hydrogens (tertiary/aromatic N) is 4. The summed E-state index contributed by atoms with van der Waals surface area (Å²) in [6, 6.07) is 12.9. The molecule has 1 aliphatic carbocycles. The Morgan fingerprint density at radius 3 is 2.54 bits per heavy atom. The van der Waals surface area contributed by atoms with Crippen LogP contribution in [0.15, 0.2) is 48.7 Å². The minimum atomic E-state index is -0.607. The first-order chi connectivity index (χ1) is 12.6. The van der Waals surface area contributed by atoms with Crippen molar-refractivity contribution in [2.75, 3.05) is 5.32 Å². The maximum atomic E-state index is 12.9. The second-order valence-electron chi connectivity index (χ2n) is 6.26. The number of amides is 1. The van der Waals surface area contributed by atoms with Crippen molar-refractivity contribution in [3.63, 3.8) is 0 Å². The number of anilines is 1. The second kappa shape index (κ2) is 6.46. The van der Waals surface area contributed by atoms with Crippen LogP contribution in [0.3, 0.4) is 0 Å². The molecule has 1 fully saturated rings. The Kier molecular flexibility index (Phi) is 4.12. The summed E-state index contributed by atoms with van der Waals surface area (Å²) in [6.45, 7) is 1.75. The van der Waals surface area contributed by atoms with Gasteiger partial charge < -0.3 is 0 Å². The highest BCUT2D eigenvalue weighted by Gasteiger charge is 2.52. The molecule has 1 saturated carbocycles. The van der Waals surface area contributed by atoms with Crippen molar-refractivity contribution in [3.05, 3.63) is 65.1 Å². The molecular formula is C19H16ClN5O. The fourth-order valence-electron chi connectivity index (χ4n) is 2.96. The highest BCUT2D eigenvalue weighted by atomic mass is 35.5. The molecule has 0 bridgehead atoms. The smallest absolute Gasteiger partial charge is 0.237 e. The number of hydrogen-bond donors (Lipinski definition) is 1. The summed E-state index contributed by atoms with van der Waals surface area (Å²) >= 11 is 6.30. The molecule has 2 aromatic heterocycles. The quantitative estimate of drug-likeness (QED) is 0.764. The third kappa shape index (κ3) is 3.04. The molecule has 1 aliphatic rings. The molecule has 6 nitrogen and oxygen atoms in total. The van der Waals surface area contributed by atoms with Crippen LogP contribution in [0.1, 0.15) is 24.2 Å². The standard InChI is InChI=1S/C19H16ClN5O/c1-12-22-16(15-8-4-5-11-21-15)24-18(23-12)25-17(26)19(9-10-19)13-6-2-3-7-14(13)20/h2-8,11H,9-10H2,1H3,(H,22,23,24,25,26). The molecule has 3 aromatic rings. The van der Waals surface area contributed by atoms with Gasteiger partial charge in [0.2, 0.25) is 11.9 Å². The average Bonchev–Trinajstić information content (AvgIpc) is 3.44. The van der Waals surface area contributed by atoms with Gasteiger partial charge in [-0.05, 0) is 43.5 Å². The maximum Gasteiger partial charge on any atom is 0.237 e. The van der Waals surface area contributed by atoms with Gasteiger partial charge in [0.25, 0.3) is 0 Å². The number of carbonyl (C=O) groups excluding carboxylic acids is 1. The fourth-order valence-corrected chi connectivity index (χ4v) is 3.28. The highest BCUT2D eigenvalue weighted by molar-refractivity contribution is 6.32. The molecule has 0 saturated heterocycles. The predicted octanol–water partition coefficient (Wildman–Crippen LogP) is 3.57. The minimum Gasteiger partial charge on any atom is -0.294 e. The molecular weight excluding hydrogens is 350 g/mol. The van der Waals surface area contributed by atoms with E-state index in [1.807, 2.05) is 36.4 Å². The van der Waals surface area contributed by atoms with Crippen molar-refractivity contribution in [1.29, 1.82) is 0 Å². The van der Waals surface area contributed by atoms with Gasteiger partial charge in [-0.25, -0.2) is 4.98 Å². The van der Waals surface area contributed by atoms with Gasteiger partial charge in [-0.3, -0.25) is 15.1 Å². The molecule has 2 heterocycles. The van der Waals surface area contributed by atoms with Crippen LogP contribution in [0.25, 0.3) is 11.5 Å². The topological polar surface area (TPSA) is 80.7 Å². The fraction of sp³-hybridized carbons (Fsp3) is 0.211. The van der Waals surface area contributed by atoms with Crippen LogP contribution >= 0.6 is 11.6 Å². The molecule has 1 amide bonds. The number of hydrogen-bond acceptors (Lipinski definition) is 5. The molecule has 0 unspecified atom stereocenters. The van der Waals surface area contributed by atoms with Crippen molar-refractivity contribution in [2.45, 2.75) is 25.2 Å². The molecule has 26 heavy (non-hydrogen) atoms. The predicted molar refractivity (Wildman–Crippen MR) is 98.8 cm³/mol. The van der Waals surface area contributed by atoms with Crippen molar-refractivity contribution in [3.8, 4) is 11.5 Å². The molecule has 0 atom stereocenters. The van der Waals surface area contributed by atoms with E-state index in [1.54, 1.807) is 19.2 Å². The van der Waals surface area contributed by atoms with Crippen LogP contribution in [0.5, 0.6) is 0 Å². The molecule has 130 valence electrons. The van der Waals surface area contributed by atoms with E-state index in [1.165, 1.54) is 0 Å². The van der Waals surface area contributed by atoms with Gasteiger partial charge in [0.15, 0.2) is 5.82 Å². The van der Waals surface area contributed by atoms with Gasteiger partial charge in [0.1, 0.15) is 11.5 Å². The van der Waals surface area contributed by atoms with E-state index in [2.05, 4.69) is 25.3 Å². The van der Waals surface area contributed by atoms with Gasteiger partial charge in [0, 0.05) is 11.2 Å². The van der Waals surface area contributed by atoms with Crippen molar-refractivity contribution >= 4 is 23.5 Å².